The summed E-state index contributed by atoms with van der Waals surface area (Å²) in [5, 5.41) is 8.86. The van der Waals surface area contributed by atoms with Gasteiger partial charge in [-0.15, -0.1) is 5.10 Å². The number of methoxy groups -OCH3 is 1. The predicted molar refractivity (Wildman–Crippen MR) is 109 cm³/mol. The summed E-state index contributed by atoms with van der Waals surface area (Å²) in [5.74, 6) is 2.35. The Morgan fingerprint density at radius 2 is 1.89 bits per heavy atom. The van der Waals surface area contributed by atoms with E-state index in [2.05, 4.69) is 22.2 Å². The van der Waals surface area contributed by atoms with E-state index in [4.69, 9.17) is 9.72 Å². The van der Waals surface area contributed by atoms with Crippen LogP contribution in [0.25, 0.3) is 11.0 Å². The van der Waals surface area contributed by atoms with Gasteiger partial charge in [-0.25, -0.2) is 9.67 Å². The molecule has 2 aliphatic heterocycles. The van der Waals surface area contributed by atoms with Gasteiger partial charge < -0.3 is 15.0 Å². The fraction of sp³-hybridized carbons (Fsp3) is 0.667. The zero-order valence-electron chi connectivity index (χ0n) is 17.4. The van der Waals surface area contributed by atoms with Gasteiger partial charge in [0.15, 0.2) is 5.65 Å². The van der Waals surface area contributed by atoms with Gasteiger partial charge in [0.25, 0.3) is 0 Å². The molecule has 0 unspecified atom stereocenters. The van der Waals surface area contributed by atoms with Crippen LogP contribution in [-0.4, -0.2) is 58.9 Å². The molecule has 4 heterocycles. The minimum atomic E-state index is 0.269. The number of carbonyl (C=O) groups excluding carboxylic acids is 1. The highest BCUT2D eigenvalue weighted by Gasteiger charge is 2.31. The normalized spacial score (nSPS) is 22.4. The minimum absolute atomic E-state index is 0.269. The Kier molecular flexibility index (Phi) is 5.27. The monoisotopic (exact) mass is 385 g/mol. The van der Waals surface area contributed by atoms with Gasteiger partial charge >= 0.3 is 0 Å². The summed E-state index contributed by atoms with van der Waals surface area (Å²) in [6, 6.07) is 0. The number of likely N-dealkylation sites (tertiary alicyclic amines) is 1. The second-order valence-electron chi connectivity index (χ2n) is 8.27. The maximum absolute atomic E-state index is 12.9. The Labute approximate surface area is 166 Å². The number of pyridine rings is 1. The molecule has 2 aromatic rings. The van der Waals surface area contributed by atoms with Crippen molar-refractivity contribution in [3.8, 4) is 5.88 Å². The first-order chi connectivity index (χ1) is 13.5. The average Bonchev–Trinajstić information content (AvgIpc) is 3.19. The average molecular weight is 386 g/mol. The smallest absolute Gasteiger partial charge is 0.242 e. The molecule has 2 saturated heterocycles. The summed E-state index contributed by atoms with van der Waals surface area (Å²) in [4.78, 5) is 19.7. The van der Waals surface area contributed by atoms with Crippen molar-refractivity contribution in [1.29, 1.82) is 0 Å². The van der Waals surface area contributed by atoms with Crippen molar-refractivity contribution in [2.75, 3.05) is 33.3 Å². The fourth-order valence-electron chi connectivity index (χ4n) is 4.96. The van der Waals surface area contributed by atoms with Crippen LogP contribution in [0, 0.1) is 25.7 Å². The maximum Gasteiger partial charge on any atom is 0.242 e. The number of carbonyl (C=O) groups is 1. The molecule has 2 aliphatic rings. The number of aryl methyl sites for hydroxylation is 3. The fourth-order valence-corrected chi connectivity index (χ4v) is 4.96. The highest BCUT2D eigenvalue weighted by Crippen LogP contribution is 2.31. The van der Waals surface area contributed by atoms with Crippen LogP contribution in [0.3, 0.4) is 0 Å². The van der Waals surface area contributed by atoms with Crippen molar-refractivity contribution in [1.82, 2.24) is 25.0 Å². The molecule has 4 rings (SSSR count). The molecule has 7 heteroatoms. The van der Waals surface area contributed by atoms with E-state index >= 15 is 0 Å². The van der Waals surface area contributed by atoms with Crippen molar-refractivity contribution in [3.05, 3.63) is 16.8 Å². The second kappa shape index (κ2) is 7.70. The number of nitrogens with zero attached hydrogens (tertiary/aromatic N) is 4. The van der Waals surface area contributed by atoms with Crippen LogP contribution in [0.1, 0.15) is 36.1 Å². The van der Waals surface area contributed by atoms with E-state index in [0.29, 0.717) is 18.7 Å². The molecular weight excluding hydrogens is 354 g/mol. The van der Waals surface area contributed by atoms with Crippen LogP contribution in [0.5, 0.6) is 5.88 Å². The quantitative estimate of drug-likeness (QED) is 0.871. The molecule has 2 fully saturated rings. The highest BCUT2D eigenvalue weighted by atomic mass is 16.5. The Bertz CT molecular complexity index is 877. The minimum Gasteiger partial charge on any atom is -0.479 e. The summed E-state index contributed by atoms with van der Waals surface area (Å²) < 4.78 is 7.20. The van der Waals surface area contributed by atoms with Gasteiger partial charge in [-0.05, 0) is 69.2 Å². The molecule has 7 nitrogen and oxygen atoms in total. The van der Waals surface area contributed by atoms with Crippen LogP contribution in [0.4, 0.5) is 0 Å². The van der Waals surface area contributed by atoms with Crippen molar-refractivity contribution >= 4 is 16.9 Å². The van der Waals surface area contributed by atoms with Crippen molar-refractivity contribution < 1.29 is 9.53 Å². The van der Waals surface area contributed by atoms with Gasteiger partial charge in [0.05, 0.1) is 12.5 Å². The van der Waals surface area contributed by atoms with Crippen LogP contribution >= 0.6 is 0 Å². The van der Waals surface area contributed by atoms with E-state index in [1.54, 1.807) is 11.8 Å². The largest absolute Gasteiger partial charge is 0.479 e. The Hall–Kier alpha value is -2.15. The maximum atomic E-state index is 12.9. The van der Waals surface area contributed by atoms with Gasteiger partial charge in [0.2, 0.25) is 11.8 Å². The number of hydrogen-bond donors (Lipinski definition) is 1. The van der Waals surface area contributed by atoms with Crippen LogP contribution in [0.2, 0.25) is 0 Å². The molecule has 152 valence electrons. The molecule has 1 amide bonds. The molecule has 1 N–H and O–H groups in total. The van der Waals surface area contributed by atoms with E-state index in [1.165, 1.54) is 0 Å². The van der Waals surface area contributed by atoms with Crippen LogP contribution in [0.15, 0.2) is 0 Å². The number of nitrogens with one attached hydrogen (secondary N) is 1. The van der Waals surface area contributed by atoms with Crippen LogP contribution < -0.4 is 10.1 Å². The van der Waals surface area contributed by atoms with E-state index in [1.807, 2.05) is 14.0 Å². The lowest BCUT2D eigenvalue weighted by Gasteiger charge is -2.21. The predicted octanol–water partition coefficient (Wildman–Crippen LogP) is 1.98. The zero-order valence-corrected chi connectivity index (χ0v) is 17.4. The van der Waals surface area contributed by atoms with Crippen LogP contribution in [-0.2, 0) is 18.3 Å². The molecule has 28 heavy (non-hydrogen) atoms. The summed E-state index contributed by atoms with van der Waals surface area (Å²) in [6.07, 6.45) is 3.50. The van der Waals surface area contributed by atoms with E-state index in [0.717, 1.165) is 78.7 Å². The van der Waals surface area contributed by atoms with Gasteiger partial charge in [0.1, 0.15) is 0 Å². The molecule has 0 radical (unpaired) electrons. The summed E-state index contributed by atoms with van der Waals surface area (Å²) >= 11 is 0. The van der Waals surface area contributed by atoms with Crippen molar-refractivity contribution in [2.24, 2.45) is 18.9 Å². The summed E-state index contributed by atoms with van der Waals surface area (Å²) in [5.41, 5.74) is 4.06. The number of aromatic nitrogens is 3. The molecule has 2 atom stereocenters. The third-order valence-electron chi connectivity index (χ3n) is 6.68. The number of amides is 1. The Morgan fingerprint density at radius 3 is 2.54 bits per heavy atom. The van der Waals surface area contributed by atoms with E-state index in [-0.39, 0.29) is 5.91 Å². The lowest BCUT2D eigenvalue weighted by atomic mass is 9.92. The van der Waals surface area contributed by atoms with Gasteiger partial charge in [-0.2, -0.15) is 0 Å². The standard InChI is InChI=1S/C21H31N5O2/c1-13-17(14(2)23-20-19(13)21(28-4)24-25(20)3)5-6-18(27)26-9-7-15-11-22-12-16(15)8-10-26/h15-16,22H,5-12H2,1-4H3/t15-,16+. The highest BCUT2D eigenvalue weighted by molar-refractivity contribution is 5.86. The first-order valence-corrected chi connectivity index (χ1v) is 10.3. The molecule has 2 aromatic heterocycles. The van der Waals surface area contributed by atoms with Crippen molar-refractivity contribution in [2.45, 2.75) is 39.5 Å². The second-order valence-corrected chi connectivity index (χ2v) is 8.27. The molecule has 0 saturated carbocycles. The molecule has 0 bridgehead atoms. The Balaban J connectivity index is 1.48. The van der Waals surface area contributed by atoms with Gasteiger partial charge in [-0.3, -0.25) is 4.79 Å². The molecular formula is C21H31N5O2. The number of hydrogen-bond acceptors (Lipinski definition) is 5. The SMILES string of the molecule is COc1nn(C)c2nc(C)c(CCC(=O)N3CC[C@@H]4CNC[C@@H]4CC3)c(C)c12. The first-order valence-electron chi connectivity index (χ1n) is 10.3. The number of ether oxygens (including phenoxy) is 1. The Morgan fingerprint density at radius 1 is 1.21 bits per heavy atom. The lowest BCUT2D eigenvalue weighted by molar-refractivity contribution is -0.131. The van der Waals surface area contributed by atoms with Gasteiger partial charge in [-0.1, -0.05) is 0 Å². The number of rotatable bonds is 4. The lowest BCUT2D eigenvalue weighted by Crippen LogP contribution is -2.33. The summed E-state index contributed by atoms with van der Waals surface area (Å²) in [7, 11) is 3.51. The zero-order chi connectivity index (χ0) is 19.8. The number of fused-ring (bicyclic) bond motifs is 2. The molecule has 0 spiro atoms. The van der Waals surface area contributed by atoms with Gasteiger partial charge in [0, 0.05) is 32.3 Å². The summed E-state index contributed by atoms with van der Waals surface area (Å²) in [6.45, 7) is 8.13. The third kappa shape index (κ3) is 3.36. The molecule has 0 aromatic carbocycles. The third-order valence-corrected chi connectivity index (χ3v) is 6.68. The van der Waals surface area contributed by atoms with E-state index < -0.39 is 0 Å². The van der Waals surface area contributed by atoms with E-state index in [9.17, 15) is 4.79 Å². The topological polar surface area (TPSA) is 72.3 Å². The first kappa shape index (κ1) is 19.2. The van der Waals surface area contributed by atoms with Crippen molar-refractivity contribution in [3.63, 3.8) is 0 Å². The molecule has 0 aliphatic carbocycles.